The molecule has 94 valence electrons. The molecule has 0 aliphatic carbocycles. The lowest BCUT2D eigenvalue weighted by Crippen LogP contribution is -2.24. The van der Waals surface area contributed by atoms with Crippen LogP contribution in [0.2, 0.25) is 0 Å². The Hall–Kier alpha value is -0.890. The number of hydrogen-bond acceptors (Lipinski definition) is 8. The van der Waals surface area contributed by atoms with E-state index in [2.05, 4.69) is 20.3 Å². The normalized spacial score (nSPS) is 19.9. The summed E-state index contributed by atoms with van der Waals surface area (Å²) in [6, 6.07) is 0.241. The van der Waals surface area contributed by atoms with Crippen LogP contribution in [-0.2, 0) is 0 Å². The molecule has 0 amide bonds. The highest BCUT2D eigenvalue weighted by atomic mass is 32.2. The summed E-state index contributed by atoms with van der Waals surface area (Å²) in [5.41, 5.74) is 5.55. The molecule has 1 saturated heterocycles. The molecule has 1 fully saturated rings. The van der Waals surface area contributed by atoms with Crippen LogP contribution < -0.4 is 15.8 Å². The van der Waals surface area contributed by atoms with Crippen molar-refractivity contribution in [3.63, 3.8) is 0 Å². The number of nitrogens with zero attached hydrogens (tertiary/aromatic N) is 3. The minimum atomic E-state index is 0.171. The van der Waals surface area contributed by atoms with Crippen molar-refractivity contribution >= 4 is 35.4 Å². The number of hydrogen-bond donors (Lipinski definition) is 2. The maximum Gasteiger partial charge on any atom is 0.322 e. The molecule has 3 N–H and O–H groups in total. The standard InChI is InChI=1S/C9H15N5OS2/c1-15-9-13-7(10)12-8(14-9)11-4-6-5-16-2-3-17-6/h6H,2-5H2,1H3,(H3,10,11,12,13,14). The largest absolute Gasteiger partial charge is 0.467 e. The molecule has 1 aromatic heterocycles. The van der Waals surface area contributed by atoms with Crippen molar-refractivity contribution in [2.75, 3.05) is 42.0 Å². The molecule has 0 spiro atoms. The van der Waals surface area contributed by atoms with Gasteiger partial charge in [0.15, 0.2) is 0 Å². The first-order valence-corrected chi connectivity index (χ1v) is 7.47. The highest BCUT2D eigenvalue weighted by Crippen LogP contribution is 2.24. The third-order valence-corrected chi connectivity index (χ3v) is 5.03. The van der Waals surface area contributed by atoms with Gasteiger partial charge in [-0.2, -0.15) is 38.5 Å². The highest BCUT2D eigenvalue weighted by molar-refractivity contribution is 8.06. The molecule has 0 radical (unpaired) electrons. The Labute approximate surface area is 109 Å². The lowest BCUT2D eigenvalue weighted by Gasteiger charge is -2.21. The smallest absolute Gasteiger partial charge is 0.322 e. The minimum Gasteiger partial charge on any atom is -0.467 e. The molecule has 2 rings (SSSR count). The second-order valence-electron chi connectivity index (χ2n) is 3.45. The van der Waals surface area contributed by atoms with Gasteiger partial charge in [0.05, 0.1) is 7.11 Å². The average Bonchev–Trinajstić information content (AvgIpc) is 2.37. The third kappa shape index (κ3) is 3.81. The van der Waals surface area contributed by atoms with E-state index in [1.54, 1.807) is 0 Å². The van der Waals surface area contributed by atoms with E-state index in [-0.39, 0.29) is 12.0 Å². The number of thioether (sulfide) groups is 2. The predicted octanol–water partition coefficient (Wildman–Crippen LogP) is 0.723. The molecule has 2 heterocycles. The van der Waals surface area contributed by atoms with E-state index in [0.29, 0.717) is 11.2 Å². The van der Waals surface area contributed by atoms with E-state index in [1.165, 1.54) is 18.6 Å². The number of nitrogen functional groups attached to an aromatic ring is 1. The van der Waals surface area contributed by atoms with E-state index in [1.807, 2.05) is 23.5 Å². The predicted molar refractivity (Wildman–Crippen MR) is 72.9 cm³/mol. The molecule has 17 heavy (non-hydrogen) atoms. The summed E-state index contributed by atoms with van der Waals surface area (Å²) in [7, 11) is 1.51. The lowest BCUT2D eigenvalue weighted by molar-refractivity contribution is 0.379. The molecule has 1 aliphatic heterocycles. The van der Waals surface area contributed by atoms with Gasteiger partial charge in [-0.15, -0.1) is 0 Å². The van der Waals surface area contributed by atoms with Gasteiger partial charge in [0.1, 0.15) is 0 Å². The first-order valence-electron chi connectivity index (χ1n) is 5.26. The summed E-state index contributed by atoms with van der Waals surface area (Å²) >= 11 is 3.97. The van der Waals surface area contributed by atoms with Gasteiger partial charge in [-0.3, -0.25) is 0 Å². The zero-order chi connectivity index (χ0) is 12.1. The lowest BCUT2D eigenvalue weighted by atomic mass is 10.5. The van der Waals surface area contributed by atoms with Crippen LogP contribution in [0.25, 0.3) is 0 Å². The van der Waals surface area contributed by atoms with E-state index >= 15 is 0 Å². The van der Waals surface area contributed by atoms with Crippen LogP contribution in [-0.4, -0.2) is 51.1 Å². The summed E-state index contributed by atoms with van der Waals surface area (Å²) < 4.78 is 4.94. The number of methoxy groups -OCH3 is 1. The Balaban J connectivity index is 1.91. The third-order valence-electron chi connectivity index (χ3n) is 2.19. The number of ether oxygens (including phenoxy) is 1. The highest BCUT2D eigenvalue weighted by Gasteiger charge is 2.14. The quantitative estimate of drug-likeness (QED) is 0.830. The molecule has 8 heteroatoms. The Kier molecular flexibility index (Phi) is 4.55. The Morgan fingerprint density at radius 3 is 3.00 bits per heavy atom. The first-order chi connectivity index (χ1) is 8.28. The van der Waals surface area contributed by atoms with Crippen molar-refractivity contribution in [1.82, 2.24) is 15.0 Å². The molecule has 0 aromatic carbocycles. The summed E-state index contributed by atoms with van der Waals surface area (Å²) in [4.78, 5) is 11.9. The summed E-state index contributed by atoms with van der Waals surface area (Å²) in [5.74, 6) is 4.26. The van der Waals surface area contributed by atoms with Gasteiger partial charge in [-0.1, -0.05) is 0 Å². The number of rotatable bonds is 4. The second-order valence-corrected chi connectivity index (χ2v) is 6.01. The fraction of sp³-hybridized carbons (Fsp3) is 0.667. The van der Waals surface area contributed by atoms with Crippen molar-refractivity contribution in [2.45, 2.75) is 5.25 Å². The van der Waals surface area contributed by atoms with E-state index in [0.717, 1.165) is 12.3 Å². The van der Waals surface area contributed by atoms with E-state index in [4.69, 9.17) is 10.5 Å². The zero-order valence-electron chi connectivity index (χ0n) is 9.55. The number of nitrogens with two attached hydrogens (primary N) is 1. The fourth-order valence-electron chi connectivity index (χ4n) is 1.40. The van der Waals surface area contributed by atoms with Crippen molar-refractivity contribution in [3.8, 4) is 6.01 Å². The van der Waals surface area contributed by atoms with Gasteiger partial charge in [-0.25, -0.2) is 0 Å². The van der Waals surface area contributed by atoms with Crippen molar-refractivity contribution in [3.05, 3.63) is 0 Å². The van der Waals surface area contributed by atoms with Gasteiger partial charge in [0.2, 0.25) is 11.9 Å². The molecule has 1 unspecified atom stereocenters. The Morgan fingerprint density at radius 1 is 1.41 bits per heavy atom. The zero-order valence-corrected chi connectivity index (χ0v) is 11.2. The van der Waals surface area contributed by atoms with Gasteiger partial charge in [0, 0.05) is 29.1 Å². The number of aromatic nitrogens is 3. The number of anilines is 2. The maximum absolute atomic E-state index is 5.55. The van der Waals surface area contributed by atoms with Crippen molar-refractivity contribution < 1.29 is 4.74 Å². The molecule has 0 saturated carbocycles. The first kappa shape index (κ1) is 12.6. The van der Waals surface area contributed by atoms with Crippen LogP contribution in [0.5, 0.6) is 6.01 Å². The Morgan fingerprint density at radius 2 is 2.29 bits per heavy atom. The number of nitrogens with one attached hydrogen (secondary N) is 1. The monoisotopic (exact) mass is 273 g/mol. The molecular weight excluding hydrogens is 258 g/mol. The van der Waals surface area contributed by atoms with Crippen molar-refractivity contribution in [2.24, 2.45) is 0 Å². The molecule has 0 bridgehead atoms. The van der Waals surface area contributed by atoms with Gasteiger partial charge < -0.3 is 15.8 Å². The molecule has 1 atom stereocenters. The topological polar surface area (TPSA) is 86.0 Å². The molecule has 1 aromatic rings. The van der Waals surface area contributed by atoms with Crippen LogP contribution in [0.15, 0.2) is 0 Å². The molecular formula is C9H15N5OS2. The summed E-state index contributed by atoms with van der Waals surface area (Å²) in [6.45, 7) is 0.838. The van der Waals surface area contributed by atoms with E-state index < -0.39 is 0 Å². The van der Waals surface area contributed by atoms with E-state index in [9.17, 15) is 0 Å². The molecule has 1 aliphatic rings. The minimum absolute atomic E-state index is 0.171. The summed E-state index contributed by atoms with van der Waals surface area (Å²) in [6.07, 6.45) is 0. The van der Waals surface area contributed by atoms with Gasteiger partial charge >= 0.3 is 6.01 Å². The maximum atomic E-state index is 5.55. The van der Waals surface area contributed by atoms with Crippen LogP contribution in [0.4, 0.5) is 11.9 Å². The SMILES string of the molecule is COc1nc(N)nc(NCC2CSCCS2)n1. The van der Waals surface area contributed by atoms with Crippen LogP contribution in [0.1, 0.15) is 0 Å². The van der Waals surface area contributed by atoms with Gasteiger partial charge in [0.25, 0.3) is 0 Å². The van der Waals surface area contributed by atoms with Crippen LogP contribution in [0.3, 0.4) is 0 Å². The summed E-state index contributed by atoms with van der Waals surface area (Å²) in [5, 5.41) is 3.77. The average molecular weight is 273 g/mol. The van der Waals surface area contributed by atoms with Crippen molar-refractivity contribution in [1.29, 1.82) is 0 Å². The van der Waals surface area contributed by atoms with Gasteiger partial charge in [-0.05, 0) is 0 Å². The Bertz CT molecular complexity index is 372. The molecule has 6 nitrogen and oxygen atoms in total. The van der Waals surface area contributed by atoms with Crippen LogP contribution >= 0.6 is 23.5 Å². The second kappa shape index (κ2) is 6.15. The van der Waals surface area contributed by atoms with Crippen LogP contribution in [0, 0.1) is 0 Å². The fourth-order valence-corrected chi connectivity index (χ4v) is 4.01.